The van der Waals surface area contributed by atoms with Gasteiger partial charge in [0.05, 0.1) is 23.3 Å². The summed E-state index contributed by atoms with van der Waals surface area (Å²) in [5.41, 5.74) is 1.41. The maximum Gasteiger partial charge on any atom is 0.348 e. The number of thiophene rings is 1. The molecular weight excluding hydrogens is 446 g/mol. The van der Waals surface area contributed by atoms with E-state index in [1.807, 2.05) is 30.3 Å². The zero-order valence-electron chi connectivity index (χ0n) is 15.7. The van der Waals surface area contributed by atoms with E-state index in [0.717, 1.165) is 16.9 Å². The van der Waals surface area contributed by atoms with Crippen LogP contribution in [0.2, 0.25) is 0 Å². The number of hydrogen-bond donors (Lipinski definition) is 1. The second kappa shape index (κ2) is 10.2. The van der Waals surface area contributed by atoms with Gasteiger partial charge in [-0.25, -0.2) is 9.59 Å². The van der Waals surface area contributed by atoms with Crippen LogP contribution < -0.4 is 5.32 Å². The van der Waals surface area contributed by atoms with Gasteiger partial charge in [-0.2, -0.15) is 0 Å². The molecule has 1 N–H and O–H groups in total. The fraction of sp³-hybridized carbons (Fsp3) is 0.250. The van der Waals surface area contributed by atoms with Gasteiger partial charge in [0.15, 0.2) is 0 Å². The first kappa shape index (κ1) is 21.8. The maximum atomic E-state index is 12.6. The molecule has 0 fully saturated rings. The highest BCUT2D eigenvalue weighted by molar-refractivity contribution is 9.12. The standard InChI is InChI=1S/C20H20BrNO5S/c1-4-26-19(24)15-12(3)16(20(25)27-5-2)28-18(15)22-17(23)14(21)11-13-9-7-6-8-10-13/h6-11H,4-5H2,1-3H3,(H,22,23). The van der Waals surface area contributed by atoms with Crippen molar-refractivity contribution in [2.75, 3.05) is 18.5 Å². The fourth-order valence-electron chi connectivity index (χ4n) is 2.37. The number of amides is 1. The van der Waals surface area contributed by atoms with Crippen molar-refractivity contribution >= 4 is 56.2 Å². The summed E-state index contributed by atoms with van der Waals surface area (Å²) < 4.78 is 10.4. The molecule has 28 heavy (non-hydrogen) atoms. The number of nitrogens with one attached hydrogen (secondary N) is 1. The topological polar surface area (TPSA) is 81.7 Å². The summed E-state index contributed by atoms with van der Waals surface area (Å²) in [7, 11) is 0. The third-order valence-electron chi connectivity index (χ3n) is 3.62. The first-order valence-corrected chi connectivity index (χ1v) is 10.2. The van der Waals surface area contributed by atoms with Gasteiger partial charge < -0.3 is 14.8 Å². The molecule has 1 amide bonds. The second-order valence-electron chi connectivity index (χ2n) is 5.56. The molecule has 1 aromatic carbocycles. The van der Waals surface area contributed by atoms with E-state index in [-0.39, 0.29) is 33.1 Å². The number of rotatable bonds is 7. The molecule has 0 aliphatic heterocycles. The number of carbonyl (C=O) groups is 3. The number of halogens is 1. The van der Waals surface area contributed by atoms with Gasteiger partial charge in [0.25, 0.3) is 5.91 Å². The van der Waals surface area contributed by atoms with Gasteiger partial charge in [-0.3, -0.25) is 4.79 Å². The molecule has 0 aliphatic rings. The molecule has 0 radical (unpaired) electrons. The summed E-state index contributed by atoms with van der Waals surface area (Å²) in [5, 5.41) is 2.92. The first-order valence-electron chi connectivity index (χ1n) is 8.60. The van der Waals surface area contributed by atoms with E-state index < -0.39 is 17.8 Å². The predicted molar refractivity (Wildman–Crippen MR) is 113 cm³/mol. The highest BCUT2D eigenvalue weighted by Crippen LogP contribution is 2.35. The minimum atomic E-state index is -0.606. The lowest BCUT2D eigenvalue weighted by Crippen LogP contribution is -2.14. The molecule has 8 heteroatoms. The minimum Gasteiger partial charge on any atom is -0.462 e. The summed E-state index contributed by atoms with van der Waals surface area (Å²) in [5.74, 6) is -1.61. The first-order chi connectivity index (χ1) is 13.4. The lowest BCUT2D eigenvalue weighted by molar-refractivity contribution is -0.112. The lowest BCUT2D eigenvalue weighted by atomic mass is 10.1. The number of ether oxygens (including phenoxy) is 2. The normalized spacial score (nSPS) is 11.1. The largest absolute Gasteiger partial charge is 0.462 e. The summed E-state index contributed by atoms with van der Waals surface area (Å²) >= 11 is 4.24. The van der Waals surface area contributed by atoms with Crippen LogP contribution in [-0.2, 0) is 14.3 Å². The molecule has 6 nitrogen and oxygen atoms in total. The van der Waals surface area contributed by atoms with Crippen LogP contribution in [0.3, 0.4) is 0 Å². The van der Waals surface area contributed by atoms with E-state index in [0.29, 0.717) is 5.56 Å². The summed E-state index contributed by atoms with van der Waals surface area (Å²) in [6.07, 6.45) is 1.66. The Morgan fingerprint density at radius 1 is 1.07 bits per heavy atom. The van der Waals surface area contributed by atoms with Gasteiger partial charge in [0.2, 0.25) is 0 Å². The average molecular weight is 466 g/mol. The SMILES string of the molecule is CCOC(=O)c1sc(NC(=O)C(Br)=Cc2ccccc2)c(C(=O)OCC)c1C. The zero-order valence-corrected chi connectivity index (χ0v) is 18.1. The van der Waals surface area contributed by atoms with Gasteiger partial charge in [-0.15, -0.1) is 11.3 Å². The molecule has 2 aromatic rings. The zero-order chi connectivity index (χ0) is 20.7. The molecular formula is C20H20BrNO5S. The van der Waals surface area contributed by atoms with Gasteiger partial charge in [0.1, 0.15) is 9.88 Å². The average Bonchev–Trinajstić information content (AvgIpc) is 2.99. The second-order valence-corrected chi connectivity index (χ2v) is 7.43. The van der Waals surface area contributed by atoms with Gasteiger partial charge >= 0.3 is 11.9 Å². The van der Waals surface area contributed by atoms with E-state index >= 15 is 0 Å². The highest BCUT2D eigenvalue weighted by Gasteiger charge is 2.27. The molecule has 2 rings (SSSR count). The molecule has 0 saturated heterocycles. The van der Waals surface area contributed by atoms with Crippen molar-refractivity contribution in [2.45, 2.75) is 20.8 Å². The molecule has 0 unspecified atom stereocenters. The van der Waals surface area contributed by atoms with E-state index in [1.54, 1.807) is 26.8 Å². The minimum absolute atomic E-state index is 0.156. The quantitative estimate of drug-likeness (QED) is 0.469. The monoisotopic (exact) mass is 465 g/mol. The van der Waals surface area contributed by atoms with Crippen molar-refractivity contribution in [3.63, 3.8) is 0 Å². The van der Waals surface area contributed by atoms with Crippen molar-refractivity contribution in [2.24, 2.45) is 0 Å². The van der Waals surface area contributed by atoms with E-state index in [2.05, 4.69) is 21.2 Å². The third kappa shape index (κ3) is 5.30. The summed E-state index contributed by atoms with van der Waals surface area (Å²) in [6, 6.07) is 9.30. The summed E-state index contributed by atoms with van der Waals surface area (Å²) in [6.45, 7) is 5.38. The Balaban J connectivity index is 2.36. The maximum absolute atomic E-state index is 12.6. The Bertz CT molecular complexity index is 905. The molecule has 1 heterocycles. The van der Waals surface area contributed by atoms with Crippen molar-refractivity contribution < 1.29 is 23.9 Å². The van der Waals surface area contributed by atoms with E-state index in [9.17, 15) is 14.4 Å². The molecule has 1 aromatic heterocycles. The summed E-state index contributed by atoms with van der Waals surface area (Å²) in [4.78, 5) is 37.4. The van der Waals surface area contributed by atoms with E-state index in [4.69, 9.17) is 9.47 Å². The van der Waals surface area contributed by atoms with Crippen molar-refractivity contribution in [1.82, 2.24) is 0 Å². The van der Waals surface area contributed by atoms with Crippen LogP contribution in [0.1, 0.15) is 45.0 Å². The molecule has 0 bridgehead atoms. The number of anilines is 1. The van der Waals surface area contributed by atoms with Crippen LogP contribution in [0.25, 0.3) is 6.08 Å². The Kier molecular flexibility index (Phi) is 7.95. The van der Waals surface area contributed by atoms with Gasteiger partial charge in [0, 0.05) is 0 Å². The van der Waals surface area contributed by atoms with Gasteiger partial charge in [-0.1, -0.05) is 30.3 Å². The number of hydrogen-bond acceptors (Lipinski definition) is 6. The Morgan fingerprint density at radius 3 is 2.29 bits per heavy atom. The molecule has 0 atom stereocenters. The Hall–Kier alpha value is -2.45. The Labute approximate surface area is 175 Å². The molecule has 0 aliphatic carbocycles. The van der Waals surface area contributed by atoms with Crippen LogP contribution >= 0.6 is 27.3 Å². The number of benzene rings is 1. The van der Waals surface area contributed by atoms with Crippen LogP contribution in [0.15, 0.2) is 34.8 Å². The van der Waals surface area contributed by atoms with Gasteiger partial charge in [-0.05, 0) is 53.9 Å². The van der Waals surface area contributed by atoms with Crippen molar-refractivity contribution in [3.8, 4) is 0 Å². The van der Waals surface area contributed by atoms with Crippen molar-refractivity contribution in [1.29, 1.82) is 0 Å². The highest BCUT2D eigenvalue weighted by atomic mass is 79.9. The number of esters is 2. The lowest BCUT2D eigenvalue weighted by Gasteiger charge is -2.07. The van der Waals surface area contributed by atoms with Crippen LogP contribution in [0, 0.1) is 6.92 Å². The smallest absolute Gasteiger partial charge is 0.348 e. The molecule has 148 valence electrons. The van der Waals surface area contributed by atoms with Crippen LogP contribution in [0.4, 0.5) is 5.00 Å². The fourth-order valence-corrected chi connectivity index (χ4v) is 3.81. The number of carbonyl (C=O) groups excluding carboxylic acids is 3. The van der Waals surface area contributed by atoms with E-state index in [1.165, 1.54) is 0 Å². The predicted octanol–water partition coefficient (Wildman–Crippen LogP) is 4.78. The van der Waals surface area contributed by atoms with Crippen LogP contribution in [-0.4, -0.2) is 31.1 Å². The third-order valence-corrected chi connectivity index (χ3v) is 5.40. The Morgan fingerprint density at radius 2 is 1.68 bits per heavy atom. The van der Waals surface area contributed by atoms with Crippen LogP contribution in [0.5, 0.6) is 0 Å². The molecule has 0 spiro atoms. The molecule has 0 saturated carbocycles. The van der Waals surface area contributed by atoms with Crippen molar-refractivity contribution in [3.05, 3.63) is 56.4 Å².